The zero-order valence-electron chi connectivity index (χ0n) is 16.4. The van der Waals surface area contributed by atoms with Crippen molar-refractivity contribution in [2.45, 2.75) is 13.8 Å². The van der Waals surface area contributed by atoms with Crippen LogP contribution in [0.15, 0.2) is 66.7 Å². The Labute approximate surface area is 169 Å². The predicted molar refractivity (Wildman–Crippen MR) is 114 cm³/mol. The Hall–Kier alpha value is -3.80. The van der Waals surface area contributed by atoms with Gasteiger partial charge in [0.25, 0.3) is 5.91 Å². The molecule has 0 saturated heterocycles. The monoisotopic (exact) mass is 389 g/mol. The van der Waals surface area contributed by atoms with E-state index in [2.05, 4.69) is 28.1 Å². The molecule has 0 bridgehead atoms. The predicted octanol–water partition coefficient (Wildman–Crippen LogP) is 3.61. The number of primary amides is 1. The smallest absolute Gasteiger partial charge is 0.255 e. The fraction of sp³-hybridized carbons (Fsp3) is 0.130. The molecule has 0 aliphatic carbocycles. The van der Waals surface area contributed by atoms with Crippen LogP contribution < -0.4 is 15.8 Å². The third-order valence-electron chi connectivity index (χ3n) is 4.40. The van der Waals surface area contributed by atoms with Crippen LogP contribution in [0.2, 0.25) is 0 Å². The number of aromatic nitrogens is 1. The molecule has 0 aliphatic heterocycles. The summed E-state index contributed by atoms with van der Waals surface area (Å²) in [6.07, 6.45) is 3.32. The molecule has 0 saturated carbocycles. The lowest BCUT2D eigenvalue weighted by Crippen LogP contribution is -2.20. The number of hydrogen-bond donors (Lipinski definition) is 2. The number of rotatable bonds is 7. The first kappa shape index (κ1) is 19.9. The molecule has 3 aromatic rings. The zero-order chi connectivity index (χ0) is 20.8. The second-order valence-electron chi connectivity index (χ2n) is 6.60. The molecule has 2 aromatic carbocycles. The van der Waals surface area contributed by atoms with Gasteiger partial charge < -0.3 is 20.4 Å². The summed E-state index contributed by atoms with van der Waals surface area (Å²) >= 11 is 0. The summed E-state index contributed by atoms with van der Waals surface area (Å²) in [6, 6.07) is 18.9. The maximum atomic E-state index is 12.3. The van der Waals surface area contributed by atoms with Crippen LogP contribution in [-0.4, -0.2) is 23.0 Å². The molecule has 0 unspecified atom stereocenters. The maximum absolute atomic E-state index is 12.3. The fourth-order valence-corrected chi connectivity index (χ4v) is 3.07. The van der Waals surface area contributed by atoms with Crippen LogP contribution >= 0.6 is 0 Å². The van der Waals surface area contributed by atoms with E-state index in [0.29, 0.717) is 11.4 Å². The second kappa shape index (κ2) is 8.93. The van der Waals surface area contributed by atoms with Gasteiger partial charge in [0.15, 0.2) is 6.61 Å². The fourth-order valence-electron chi connectivity index (χ4n) is 3.07. The van der Waals surface area contributed by atoms with Crippen molar-refractivity contribution in [3.63, 3.8) is 0 Å². The quantitative estimate of drug-likeness (QED) is 0.605. The van der Waals surface area contributed by atoms with Crippen LogP contribution in [0.3, 0.4) is 0 Å². The van der Waals surface area contributed by atoms with E-state index >= 15 is 0 Å². The van der Waals surface area contributed by atoms with Crippen molar-refractivity contribution in [2.24, 2.45) is 5.73 Å². The summed E-state index contributed by atoms with van der Waals surface area (Å²) < 4.78 is 7.35. The summed E-state index contributed by atoms with van der Waals surface area (Å²) in [7, 11) is 0. The highest BCUT2D eigenvalue weighted by Gasteiger charge is 2.09. The third kappa shape index (κ3) is 5.13. The van der Waals surface area contributed by atoms with E-state index in [1.54, 1.807) is 30.3 Å². The van der Waals surface area contributed by atoms with Gasteiger partial charge in [-0.25, -0.2) is 0 Å². The third-order valence-corrected chi connectivity index (χ3v) is 4.40. The zero-order valence-corrected chi connectivity index (χ0v) is 16.4. The van der Waals surface area contributed by atoms with Gasteiger partial charge >= 0.3 is 0 Å². The Morgan fingerprint density at radius 2 is 1.76 bits per heavy atom. The molecule has 29 heavy (non-hydrogen) atoms. The van der Waals surface area contributed by atoms with Crippen molar-refractivity contribution in [2.75, 3.05) is 11.9 Å². The lowest BCUT2D eigenvalue weighted by atomic mass is 10.2. The number of benzene rings is 2. The standard InChI is InChI=1S/C23H23N3O3/c1-16-14-18(17(2)26(16)20-6-4-3-5-7-20)8-13-23(28)25-19-9-11-21(12-10-19)29-15-22(24)27/h3-14H,15H2,1-2H3,(H2,24,27)(H,25,28)/b13-8+. The number of nitrogens with two attached hydrogens (primary N) is 1. The summed E-state index contributed by atoms with van der Waals surface area (Å²) in [5, 5.41) is 2.80. The normalized spacial score (nSPS) is 10.8. The number of anilines is 1. The number of amides is 2. The van der Waals surface area contributed by atoms with E-state index in [0.717, 1.165) is 22.6 Å². The average molecular weight is 389 g/mol. The first-order valence-corrected chi connectivity index (χ1v) is 9.18. The van der Waals surface area contributed by atoms with Crippen LogP contribution in [-0.2, 0) is 9.59 Å². The van der Waals surface area contributed by atoms with Gasteiger partial charge in [-0.05, 0) is 68.0 Å². The number of nitrogens with one attached hydrogen (secondary N) is 1. The van der Waals surface area contributed by atoms with Crippen LogP contribution in [0.5, 0.6) is 5.75 Å². The van der Waals surface area contributed by atoms with Crippen molar-refractivity contribution in [1.29, 1.82) is 0 Å². The van der Waals surface area contributed by atoms with Gasteiger partial charge in [-0.3, -0.25) is 9.59 Å². The molecule has 0 atom stereocenters. The van der Waals surface area contributed by atoms with E-state index in [4.69, 9.17) is 10.5 Å². The molecular weight excluding hydrogens is 366 g/mol. The first-order chi connectivity index (χ1) is 13.9. The van der Waals surface area contributed by atoms with Crippen molar-refractivity contribution in [1.82, 2.24) is 4.57 Å². The molecule has 3 N–H and O–H groups in total. The second-order valence-corrected chi connectivity index (χ2v) is 6.60. The Kier molecular flexibility index (Phi) is 6.14. The van der Waals surface area contributed by atoms with Gasteiger partial charge in [0.05, 0.1) is 0 Å². The molecule has 2 amide bonds. The molecule has 0 fully saturated rings. The number of para-hydroxylation sites is 1. The van der Waals surface area contributed by atoms with E-state index in [1.807, 2.05) is 32.0 Å². The van der Waals surface area contributed by atoms with Gasteiger partial charge in [0.2, 0.25) is 5.91 Å². The largest absolute Gasteiger partial charge is 0.484 e. The van der Waals surface area contributed by atoms with Crippen molar-refractivity contribution < 1.29 is 14.3 Å². The molecule has 1 heterocycles. The number of carbonyl (C=O) groups is 2. The summed E-state index contributed by atoms with van der Waals surface area (Å²) in [6.45, 7) is 3.89. The van der Waals surface area contributed by atoms with E-state index in [9.17, 15) is 9.59 Å². The number of hydrogen-bond acceptors (Lipinski definition) is 3. The lowest BCUT2D eigenvalue weighted by molar-refractivity contribution is -0.120. The Morgan fingerprint density at radius 1 is 1.07 bits per heavy atom. The summed E-state index contributed by atoms with van der Waals surface area (Å²) in [4.78, 5) is 23.0. The lowest BCUT2D eigenvalue weighted by Gasteiger charge is -2.09. The van der Waals surface area contributed by atoms with Crippen LogP contribution in [0.1, 0.15) is 17.0 Å². The van der Waals surface area contributed by atoms with Crippen LogP contribution in [0.25, 0.3) is 11.8 Å². The van der Waals surface area contributed by atoms with Gasteiger partial charge in [0, 0.05) is 28.8 Å². The van der Waals surface area contributed by atoms with E-state index in [-0.39, 0.29) is 12.5 Å². The van der Waals surface area contributed by atoms with Crippen molar-refractivity contribution >= 4 is 23.6 Å². The number of nitrogens with zero attached hydrogens (tertiary/aromatic N) is 1. The molecule has 0 radical (unpaired) electrons. The number of carbonyl (C=O) groups excluding carboxylic acids is 2. The van der Waals surface area contributed by atoms with Gasteiger partial charge in [-0.1, -0.05) is 18.2 Å². The van der Waals surface area contributed by atoms with Gasteiger partial charge in [-0.15, -0.1) is 0 Å². The molecule has 6 nitrogen and oxygen atoms in total. The molecule has 3 rings (SSSR count). The summed E-state index contributed by atoms with van der Waals surface area (Å²) in [5.41, 5.74) is 9.90. The Bertz CT molecular complexity index is 1040. The van der Waals surface area contributed by atoms with E-state index < -0.39 is 5.91 Å². The van der Waals surface area contributed by atoms with Crippen LogP contribution in [0, 0.1) is 13.8 Å². The minimum Gasteiger partial charge on any atom is -0.484 e. The summed E-state index contributed by atoms with van der Waals surface area (Å²) in [5.74, 6) is -0.273. The highest BCUT2D eigenvalue weighted by atomic mass is 16.5. The number of ether oxygens (including phenoxy) is 1. The van der Waals surface area contributed by atoms with Gasteiger partial charge in [0.1, 0.15) is 5.75 Å². The minimum atomic E-state index is -0.542. The minimum absolute atomic E-state index is 0.185. The highest BCUT2D eigenvalue weighted by molar-refractivity contribution is 6.02. The van der Waals surface area contributed by atoms with Crippen molar-refractivity contribution in [3.05, 3.63) is 83.7 Å². The van der Waals surface area contributed by atoms with Crippen molar-refractivity contribution in [3.8, 4) is 11.4 Å². The van der Waals surface area contributed by atoms with Gasteiger partial charge in [-0.2, -0.15) is 0 Å². The molecule has 6 heteroatoms. The molecule has 1 aromatic heterocycles. The molecule has 0 spiro atoms. The van der Waals surface area contributed by atoms with E-state index in [1.165, 1.54) is 6.08 Å². The molecule has 148 valence electrons. The maximum Gasteiger partial charge on any atom is 0.255 e. The average Bonchev–Trinajstić information content (AvgIpc) is 2.99. The topological polar surface area (TPSA) is 86.3 Å². The SMILES string of the molecule is Cc1cc(/C=C/C(=O)Nc2ccc(OCC(N)=O)cc2)c(C)n1-c1ccccc1. The Morgan fingerprint density at radius 3 is 2.41 bits per heavy atom. The molecular formula is C23H23N3O3. The first-order valence-electron chi connectivity index (χ1n) is 9.18. The highest BCUT2D eigenvalue weighted by Crippen LogP contribution is 2.22. The molecule has 0 aliphatic rings. The van der Waals surface area contributed by atoms with Crippen LogP contribution in [0.4, 0.5) is 5.69 Å². The Balaban J connectivity index is 1.66. The number of aryl methyl sites for hydroxylation is 1.